The fourth-order valence-electron chi connectivity index (χ4n) is 3.71. The molecule has 1 N–H and O–H groups in total. The highest BCUT2D eigenvalue weighted by Gasteiger charge is 2.36. The molecule has 0 saturated carbocycles. The van der Waals surface area contributed by atoms with Gasteiger partial charge in [0.1, 0.15) is 19.0 Å². The highest BCUT2D eigenvalue weighted by atomic mass is 16.6. The summed E-state index contributed by atoms with van der Waals surface area (Å²) in [4.78, 5) is 19.9. The maximum atomic E-state index is 12.7. The highest BCUT2D eigenvalue weighted by molar-refractivity contribution is 6.13. The normalized spacial score (nSPS) is 19.8. The SMILES string of the molecule is CO/N=C1/CCN2c3c(cccc31)C(=O)NC2Cc1ccc(OC)cc1. The molecule has 0 bridgehead atoms. The number of nitrogens with one attached hydrogen (secondary N) is 1. The molecule has 6 heteroatoms. The van der Waals surface area contributed by atoms with Crippen LogP contribution in [0.15, 0.2) is 47.6 Å². The largest absolute Gasteiger partial charge is 0.497 e. The molecule has 2 heterocycles. The van der Waals surface area contributed by atoms with Gasteiger partial charge in [-0.2, -0.15) is 0 Å². The Morgan fingerprint density at radius 3 is 2.65 bits per heavy atom. The molecule has 6 nitrogen and oxygen atoms in total. The number of amides is 1. The molecule has 0 fully saturated rings. The second kappa shape index (κ2) is 6.71. The maximum absolute atomic E-state index is 12.7. The molecule has 0 saturated heterocycles. The standard InChI is InChI=1S/C20H21N3O3/c1-25-14-8-6-13(7-9-14)12-18-21-20(24)16-5-3-4-15-17(22-26-2)10-11-23(18)19(15)16/h3-9,18H,10-12H2,1-2H3,(H,21,24)/b22-17-. The maximum Gasteiger partial charge on any atom is 0.255 e. The lowest BCUT2D eigenvalue weighted by Gasteiger charge is -2.42. The number of nitrogens with zero attached hydrogens (tertiary/aromatic N) is 2. The predicted molar refractivity (Wildman–Crippen MR) is 99.9 cm³/mol. The second-order valence-electron chi connectivity index (χ2n) is 6.41. The number of hydrogen-bond donors (Lipinski definition) is 1. The summed E-state index contributed by atoms with van der Waals surface area (Å²) in [5, 5.41) is 7.30. The third-order valence-corrected chi connectivity index (χ3v) is 4.93. The lowest BCUT2D eigenvalue weighted by Crippen LogP contribution is -2.56. The number of carbonyl (C=O) groups excluding carboxylic acids is 1. The van der Waals surface area contributed by atoms with Crippen LogP contribution in [-0.4, -0.2) is 38.5 Å². The van der Waals surface area contributed by atoms with Crippen molar-refractivity contribution in [2.75, 3.05) is 25.7 Å². The third-order valence-electron chi connectivity index (χ3n) is 4.93. The molecule has 2 aliphatic heterocycles. The van der Waals surface area contributed by atoms with E-state index in [1.807, 2.05) is 42.5 Å². The van der Waals surface area contributed by atoms with Gasteiger partial charge in [0, 0.05) is 24.9 Å². The lowest BCUT2D eigenvalue weighted by molar-refractivity contribution is 0.0926. The number of ether oxygens (including phenoxy) is 1. The summed E-state index contributed by atoms with van der Waals surface area (Å²) in [7, 11) is 3.20. The highest BCUT2D eigenvalue weighted by Crippen LogP contribution is 2.35. The Labute approximate surface area is 152 Å². The molecule has 2 aromatic rings. The Morgan fingerprint density at radius 1 is 1.15 bits per heavy atom. The summed E-state index contributed by atoms with van der Waals surface area (Å²) in [6.07, 6.45) is 1.41. The number of hydrogen-bond acceptors (Lipinski definition) is 5. The Balaban J connectivity index is 1.69. The van der Waals surface area contributed by atoms with E-state index in [-0.39, 0.29) is 12.1 Å². The summed E-state index contributed by atoms with van der Waals surface area (Å²) >= 11 is 0. The van der Waals surface area contributed by atoms with Gasteiger partial charge in [-0.05, 0) is 23.8 Å². The molecule has 0 aromatic heterocycles. The zero-order valence-corrected chi connectivity index (χ0v) is 14.9. The first-order chi connectivity index (χ1) is 12.7. The van der Waals surface area contributed by atoms with Gasteiger partial charge in [-0.1, -0.05) is 29.4 Å². The first kappa shape index (κ1) is 16.4. The number of anilines is 1. The average Bonchev–Trinajstić information content (AvgIpc) is 2.67. The van der Waals surface area contributed by atoms with Crippen molar-refractivity contribution < 1.29 is 14.4 Å². The first-order valence-corrected chi connectivity index (χ1v) is 8.65. The number of methoxy groups -OCH3 is 1. The smallest absolute Gasteiger partial charge is 0.255 e. The van der Waals surface area contributed by atoms with Crippen LogP contribution >= 0.6 is 0 Å². The molecule has 134 valence electrons. The molecule has 2 aliphatic rings. The van der Waals surface area contributed by atoms with Crippen LogP contribution in [0.4, 0.5) is 5.69 Å². The van der Waals surface area contributed by atoms with E-state index in [0.29, 0.717) is 5.56 Å². The van der Waals surface area contributed by atoms with Crippen LogP contribution in [0.3, 0.4) is 0 Å². The van der Waals surface area contributed by atoms with Crippen molar-refractivity contribution in [1.82, 2.24) is 5.32 Å². The minimum Gasteiger partial charge on any atom is -0.497 e. The molecule has 0 spiro atoms. The van der Waals surface area contributed by atoms with Crippen LogP contribution in [0.2, 0.25) is 0 Å². The Kier molecular flexibility index (Phi) is 4.24. The summed E-state index contributed by atoms with van der Waals surface area (Å²) in [5.41, 5.74) is 4.66. The van der Waals surface area contributed by atoms with Gasteiger partial charge in [0.05, 0.1) is 24.1 Å². The molecule has 1 amide bonds. The summed E-state index contributed by atoms with van der Waals surface area (Å²) in [5.74, 6) is 0.780. The summed E-state index contributed by atoms with van der Waals surface area (Å²) < 4.78 is 5.22. The van der Waals surface area contributed by atoms with E-state index in [0.717, 1.165) is 47.7 Å². The summed E-state index contributed by atoms with van der Waals surface area (Å²) in [6, 6.07) is 13.7. The molecule has 1 atom stereocenters. The lowest BCUT2D eigenvalue weighted by atomic mass is 9.92. The number of carbonyl (C=O) groups is 1. The van der Waals surface area contributed by atoms with Crippen molar-refractivity contribution in [3.63, 3.8) is 0 Å². The number of rotatable bonds is 4. The Hall–Kier alpha value is -3.02. The van der Waals surface area contributed by atoms with Crippen LogP contribution in [0.1, 0.15) is 27.9 Å². The minimum absolute atomic E-state index is 0.0460. The third kappa shape index (κ3) is 2.77. The molecule has 0 aliphatic carbocycles. The van der Waals surface area contributed by atoms with E-state index >= 15 is 0 Å². The van der Waals surface area contributed by atoms with Crippen LogP contribution in [0, 0.1) is 0 Å². The van der Waals surface area contributed by atoms with Crippen LogP contribution < -0.4 is 15.0 Å². The van der Waals surface area contributed by atoms with Crippen molar-refractivity contribution in [3.8, 4) is 5.75 Å². The van der Waals surface area contributed by atoms with Gasteiger partial charge in [0.2, 0.25) is 0 Å². The Bertz CT molecular complexity index is 861. The van der Waals surface area contributed by atoms with Crippen molar-refractivity contribution >= 4 is 17.3 Å². The fraction of sp³-hybridized carbons (Fsp3) is 0.300. The van der Waals surface area contributed by atoms with E-state index in [1.54, 1.807) is 14.2 Å². The number of para-hydroxylation sites is 1. The molecule has 0 radical (unpaired) electrons. The van der Waals surface area contributed by atoms with Gasteiger partial charge < -0.3 is 19.8 Å². The van der Waals surface area contributed by atoms with Crippen LogP contribution in [-0.2, 0) is 11.3 Å². The van der Waals surface area contributed by atoms with Crippen molar-refractivity contribution in [3.05, 3.63) is 59.2 Å². The topological polar surface area (TPSA) is 63.2 Å². The van der Waals surface area contributed by atoms with Crippen LogP contribution in [0.5, 0.6) is 5.75 Å². The van der Waals surface area contributed by atoms with Gasteiger partial charge in [0.25, 0.3) is 5.91 Å². The molecular weight excluding hydrogens is 330 g/mol. The van der Waals surface area contributed by atoms with Gasteiger partial charge >= 0.3 is 0 Å². The quantitative estimate of drug-likeness (QED) is 0.860. The predicted octanol–water partition coefficient (Wildman–Crippen LogP) is 2.57. The van der Waals surface area contributed by atoms with E-state index in [4.69, 9.17) is 9.57 Å². The first-order valence-electron chi connectivity index (χ1n) is 8.65. The van der Waals surface area contributed by atoms with Crippen molar-refractivity contribution in [2.24, 2.45) is 5.16 Å². The number of oxime groups is 1. The van der Waals surface area contributed by atoms with Crippen LogP contribution in [0.25, 0.3) is 0 Å². The Morgan fingerprint density at radius 2 is 1.92 bits per heavy atom. The average molecular weight is 351 g/mol. The zero-order valence-electron chi connectivity index (χ0n) is 14.9. The van der Waals surface area contributed by atoms with E-state index < -0.39 is 0 Å². The van der Waals surface area contributed by atoms with Gasteiger partial charge in [-0.15, -0.1) is 0 Å². The summed E-state index contributed by atoms with van der Waals surface area (Å²) in [6.45, 7) is 0.785. The van der Waals surface area contributed by atoms with E-state index in [1.165, 1.54) is 0 Å². The second-order valence-corrected chi connectivity index (χ2v) is 6.41. The van der Waals surface area contributed by atoms with Crippen molar-refractivity contribution in [1.29, 1.82) is 0 Å². The fourth-order valence-corrected chi connectivity index (χ4v) is 3.71. The van der Waals surface area contributed by atoms with Crippen molar-refractivity contribution in [2.45, 2.75) is 19.0 Å². The monoisotopic (exact) mass is 351 g/mol. The zero-order chi connectivity index (χ0) is 18.1. The molecule has 1 unspecified atom stereocenters. The number of benzene rings is 2. The van der Waals surface area contributed by atoms with E-state index in [2.05, 4.69) is 15.4 Å². The van der Waals surface area contributed by atoms with Gasteiger partial charge in [0.15, 0.2) is 0 Å². The molecule has 26 heavy (non-hydrogen) atoms. The minimum atomic E-state index is -0.0892. The van der Waals surface area contributed by atoms with E-state index in [9.17, 15) is 4.79 Å². The van der Waals surface area contributed by atoms with Gasteiger partial charge in [-0.3, -0.25) is 4.79 Å². The molecule has 4 rings (SSSR count). The molecular formula is C20H21N3O3. The molecule has 2 aromatic carbocycles. The van der Waals surface area contributed by atoms with Gasteiger partial charge in [-0.25, -0.2) is 0 Å².